The fourth-order valence-electron chi connectivity index (χ4n) is 5.14. The van der Waals surface area contributed by atoms with Crippen LogP contribution in [0.5, 0.6) is 0 Å². The van der Waals surface area contributed by atoms with Gasteiger partial charge in [-0.1, -0.05) is 53.5 Å². The number of hydrogen-bond acceptors (Lipinski definition) is 3. The van der Waals surface area contributed by atoms with Crippen LogP contribution in [0.2, 0.25) is 10.0 Å². The summed E-state index contributed by atoms with van der Waals surface area (Å²) in [6.45, 7) is 4.33. The first-order chi connectivity index (χ1) is 16.4. The van der Waals surface area contributed by atoms with E-state index >= 15 is 0 Å². The Morgan fingerprint density at radius 2 is 1.50 bits per heavy atom. The first-order valence-electron chi connectivity index (χ1n) is 11.9. The van der Waals surface area contributed by atoms with Crippen LogP contribution >= 0.6 is 23.2 Å². The number of carbonyl (C=O) groups is 1. The quantitative estimate of drug-likeness (QED) is 0.416. The standard InChI is InChI=1S/C28H29Cl2N3O/c29-24-5-1-21(2-6-24)17-33-18-23-14-22(15-26(30)27(23)28(33)34)13-19-9-11-32(12-10-19)16-20-3-7-25(31)8-4-20/h1-8,14-15,19H,9-13,16-18,31H2. The minimum absolute atomic E-state index is 0.0116. The predicted molar refractivity (Wildman–Crippen MR) is 139 cm³/mol. The molecule has 0 radical (unpaired) electrons. The van der Waals surface area contributed by atoms with Crippen LogP contribution in [0.15, 0.2) is 60.7 Å². The number of anilines is 1. The molecule has 1 fully saturated rings. The van der Waals surface area contributed by atoms with Crippen LogP contribution in [0, 0.1) is 5.92 Å². The Morgan fingerprint density at radius 3 is 2.21 bits per heavy atom. The summed E-state index contributed by atoms with van der Waals surface area (Å²) in [6, 6.07) is 20.0. The van der Waals surface area contributed by atoms with Crippen molar-refractivity contribution in [2.45, 2.75) is 38.9 Å². The molecular formula is C28H29Cl2N3O. The zero-order chi connectivity index (χ0) is 23.7. The number of fused-ring (bicyclic) bond motifs is 1. The van der Waals surface area contributed by atoms with Crippen LogP contribution in [0.25, 0.3) is 0 Å². The van der Waals surface area contributed by atoms with Gasteiger partial charge < -0.3 is 10.6 Å². The minimum Gasteiger partial charge on any atom is -0.399 e. The molecule has 2 heterocycles. The molecule has 0 atom stereocenters. The molecule has 3 aromatic carbocycles. The summed E-state index contributed by atoms with van der Waals surface area (Å²) in [5, 5.41) is 1.28. The fraction of sp³-hybridized carbons (Fsp3) is 0.321. The van der Waals surface area contributed by atoms with Crippen molar-refractivity contribution in [3.05, 3.63) is 98.5 Å². The van der Waals surface area contributed by atoms with E-state index in [0.29, 0.717) is 34.6 Å². The van der Waals surface area contributed by atoms with Gasteiger partial charge in [0.15, 0.2) is 0 Å². The van der Waals surface area contributed by atoms with Gasteiger partial charge in [-0.25, -0.2) is 0 Å². The summed E-state index contributed by atoms with van der Waals surface area (Å²) in [6.07, 6.45) is 3.35. The smallest absolute Gasteiger partial charge is 0.256 e. The van der Waals surface area contributed by atoms with Crippen LogP contribution < -0.4 is 5.73 Å². The molecule has 2 N–H and O–H groups in total. The van der Waals surface area contributed by atoms with Crippen molar-refractivity contribution in [1.29, 1.82) is 0 Å². The number of benzene rings is 3. The number of likely N-dealkylation sites (tertiary alicyclic amines) is 1. The van der Waals surface area contributed by atoms with Crippen LogP contribution in [0.1, 0.15) is 45.5 Å². The molecule has 4 nitrogen and oxygen atoms in total. The maximum Gasteiger partial charge on any atom is 0.256 e. The average molecular weight is 494 g/mol. The number of halogens is 2. The lowest BCUT2D eigenvalue weighted by molar-refractivity contribution is 0.0767. The van der Waals surface area contributed by atoms with Crippen LogP contribution in [0.4, 0.5) is 5.69 Å². The third kappa shape index (κ3) is 5.25. The number of piperidine rings is 1. The third-order valence-electron chi connectivity index (χ3n) is 7.00. The van der Waals surface area contributed by atoms with Crippen LogP contribution in [0.3, 0.4) is 0 Å². The van der Waals surface area contributed by atoms with Gasteiger partial charge in [-0.05, 0) is 90.9 Å². The fourth-order valence-corrected chi connectivity index (χ4v) is 5.61. The highest BCUT2D eigenvalue weighted by Crippen LogP contribution is 2.33. The van der Waals surface area contributed by atoms with E-state index in [4.69, 9.17) is 28.9 Å². The number of nitrogens with zero attached hydrogens (tertiary/aromatic N) is 2. The summed E-state index contributed by atoms with van der Waals surface area (Å²) < 4.78 is 0. The first-order valence-corrected chi connectivity index (χ1v) is 12.6. The Hall–Kier alpha value is -2.53. The van der Waals surface area contributed by atoms with Crippen molar-refractivity contribution in [3.63, 3.8) is 0 Å². The lowest BCUT2D eigenvalue weighted by Gasteiger charge is -2.32. The maximum atomic E-state index is 13.0. The largest absolute Gasteiger partial charge is 0.399 e. The van der Waals surface area contributed by atoms with Gasteiger partial charge in [0.25, 0.3) is 5.91 Å². The Kier molecular flexibility index (Phi) is 6.82. The van der Waals surface area contributed by atoms with E-state index < -0.39 is 0 Å². The Balaban J connectivity index is 1.19. The highest BCUT2D eigenvalue weighted by Gasteiger charge is 2.30. The van der Waals surface area contributed by atoms with E-state index in [1.165, 1.54) is 24.0 Å². The molecule has 6 heteroatoms. The van der Waals surface area contributed by atoms with Crippen molar-refractivity contribution >= 4 is 34.8 Å². The molecule has 1 amide bonds. The molecule has 3 aromatic rings. The predicted octanol–water partition coefficient (Wildman–Crippen LogP) is 6.19. The SMILES string of the molecule is Nc1ccc(CN2CCC(Cc3cc(Cl)c4c(c3)CN(Cc3ccc(Cl)cc3)C4=O)CC2)cc1. The maximum absolute atomic E-state index is 13.0. The van der Waals surface area contributed by atoms with E-state index in [2.05, 4.69) is 23.1 Å². The van der Waals surface area contributed by atoms with Gasteiger partial charge in [-0.15, -0.1) is 0 Å². The summed E-state index contributed by atoms with van der Waals surface area (Å²) in [5.41, 5.74) is 11.9. The average Bonchev–Trinajstić information content (AvgIpc) is 3.13. The highest BCUT2D eigenvalue weighted by atomic mass is 35.5. The molecule has 0 aliphatic carbocycles. The topological polar surface area (TPSA) is 49.6 Å². The Morgan fingerprint density at radius 1 is 0.853 bits per heavy atom. The minimum atomic E-state index is 0.0116. The van der Waals surface area contributed by atoms with Gasteiger partial charge in [-0.2, -0.15) is 0 Å². The number of carbonyl (C=O) groups excluding carboxylic acids is 1. The number of nitrogen functional groups attached to an aromatic ring is 1. The molecule has 0 spiro atoms. The van der Waals surface area contributed by atoms with Gasteiger partial charge in [0.1, 0.15) is 0 Å². The Bertz CT molecular complexity index is 1170. The summed E-state index contributed by atoms with van der Waals surface area (Å²) >= 11 is 12.6. The summed E-state index contributed by atoms with van der Waals surface area (Å²) in [5.74, 6) is 0.650. The van der Waals surface area contributed by atoms with Crippen molar-refractivity contribution in [2.75, 3.05) is 18.8 Å². The van der Waals surface area contributed by atoms with Crippen LogP contribution in [-0.4, -0.2) is 28.8 Å². The zero-order valence-corrected chi connectivity index (χ0v) is 20.7. The van der Waals surface area contributed by atoms with Crippen molar-refractivity contribution in [3.8, 4) is 0 Å². The van der Waals surface area contributed by atoms with Crippen molar-refractivity contribution < 1.29 is 4.79 Å². The molecule has 0 aromatic heterocycles. The molecule has 2 aliphatic rings. The normalized spacial score (nSPS) is 16.8. The van der Waals surface area contributed by atoms with Crippen LogP contribution in [-0.2, 0) is 26.1 Å². The summed E-state index contributed by atoms with van der Waals surface area (Å²) in [7, 11) is 0. The molecule has 2 aliphatic heterocycles. The number of nitrogens with two attached hydrogens (primary N) is 1. The number of rotatable bonds is 6. The van der Waals surface area contributed by atoms with Gasteiger partial charge in [0, 0.05) is 30.3 Å². The molecular weight excluding hydrogens is 465 g/mol. The molecule has 1 saturated heterocycles. The van der Waals surface area contributed by atoms with Gasteiger partial charge in [0.05, 0.1) is 10.6 Å². The van der Waals surface area contributed by atoms with E-state index in [-0.39, 0.29) is 5.91 Å². The second-order valence-corrected chi connectivity index (χ2v) is 10.4. The monoisotopic (exact) mass is 493 g/mol. The second-order valence-electron chi connectivity index (χ2n) is 9.56. The van der Waals surface area contributed by atoms with Gasteiger partial charge in [-0.3, -0.25) is 9.69 Å². The van der Waals surface area contributed by atoms with Crippen molar-refractivity contribution in [1.82, 2.24) is 9.80 Å². The number of amides is 1. The molecule has 34 heavy (non-hydrogen) atoms. The van der Waals surface area contributed by atoms with Crippen molar-refractivity contribution in [2.24, 2.45) is 5.92 Å². The van der Waals surface area contributed by atoms with Gasteiger partial charge >= 0.3 is 0 Å². The Labute approximate surface area is 211 Å². The van der Waals surface area contributed by atoms with Gasteiger partial charge in [0.2, 0.25) is 0 Å². The molecule has 0 unspecified atom stereocenters. The molecule has 0 bridgehead atoms. The molecule has 176 valence electrons. The first kappa shape index (κ1) is 23.2. The third-order valence-corrected chi connectivity index (χ3v) is 7.55. The second kappa shape index (κ2) is 9.99. The van der Waals surface area contributed by atoms with E-state index in [9.17, 15) is 4.79 Å². The highest BCUT2D eigenvalue weighted by molar-refractivity contribution is 6.34. The lowest BCUT2D eigenvalue weighted by Crippen LogP contribution is -2.33. The lowest BCUT2D eigenvalue weighted by atomic mass is 9.89. The van der Waals surface area contributed by atoms with E-state index in [1.807, 2.05) is 47.4 Å². The van der Waals surface area contributed by atoms with E-state index in [0.717, 1.165) is 42.9 Å². The van der Waals surface area contributed by atoms with E-state index in [1.54, 1.807) is 0 Å². The summed E-state index contributed by atoms with van der Waals surface area (Å²) in [4.78, 5) is 17.4. The molecule has 5 rings (SSSR count). The zero-order valence-electron chi connectivity index (χ0n) is 19.1. The number of hydrogen-bond donors (Lipinski definition) is 1. The molecule has 0 saturated carbocycles.